The molecule has 15 heavy (non-hydrogen) atoms. The number of nitrogens with zero attached hydrogens (tertiary/aromatic N) is 1. The summed E-state index contributed by atoms with van der Waals surface area (Å²) in [6.07, 6.45) is 1.36. The van der Waals surface area contributed by atoms with Gasteiger partial charge in [0.05, 0.1) is 17.2 Å². The van der Waals surface area contributed by atoms with Crippen molar-refractivity contribution in [3.05, 3.63) is 40.4 Å². The summed E-state index contributed by atoms with van der Waals surface area (Å²) < 4.78 is 0. The number of aromatic amines is 1. The Hall–Kier alpha value is -2.12. The Morgan fingerprint density at radius 3 is 3.13 bits per heavy atom. The van der Waals surface area contributed by atoms with Crippen molar-refractivity contribution in [3.63, 3.8) is 0 Å². The predicted octanol–water partition coefficient (Wildman–Crippen LogP) is 0.267. The van der Waals surface area contributed by atoms with Gasteiger partial charge in [-0.15, -0.1) is 0 Å². The summed E-state index contributed by atoms with van der Waals surface area (Å²) in [6.45, 7) is -0.228. The number of aliphatic hydroxyl groups is 1. The lowest BCUT2D eigenvalue weighted by Gasteiger charge is -1.97. The lowest BCUT2D eigenvalue weighted by atomic mass is 10.1. The van der Waals surface area contributed by atoms with Crippen LogP contribution in [0.2, 0.25) is 0 Å². The maximum Gasteiger partial charge on any atom is 0.259 e. The molecule has 0 atom stereocenters. The van der Waals surface area contributed by atoms with Gasteiger partial charge >= 0.3 is 0 Å². The van der Waals surface area contributed by atoms with Crippen molar-refractivity contribution >= 4 is 10.9 Å². The van der Waals surface area contributed by atoms with E-state index in [4.69, 9.17) is 5.11 Å². The number of nitrogens with one attached hydrogen (secondary N) is 1. The Balaban J connectivity index is 2.80. The molecule has 0 aliphatic heterocycles. The van der Waals surface area contributed by atoms with Gasteiger partial charge in [-0.2, -0.15) is 0 Å². The fourth-order valence-electron chi connectivity index (χ4n) is 1.36. The normalized spacial score (nSPS) is 9.67. The first-order valence-corrected chi connectivity index (χ1v) is 4.39. The smallest absolute Gasteiger partial charge is 0.259 e. The fraction of sp³-hybridized carbons (Fsp3) is 0.0909. The van der Waals surface area contributed by atoms with Crippen LogP contribution in [0.5, 0.6) is 0 Å². The van der Waals surface area contributed by atoms with E-state index in [1.54, 1.807) is 18.2 Å². The number of fused-ring (bicyclic) bond motifs is 1. The Bertz CT molecular complexity index is 600. The van der Waals surface area contributed by atoms with E-state index in [9.17, 15) is 4.79 Å². The highest BCUT2D eigenvalue weighted by Gasteiger charge is 2.02. The molecule has 0 bridgehead atoms. The lowest BCUT2D eigenvalue weighted by Crippen LogP contribution is -2.07. The van der Waals surface area contributed by atoms with Crippen LogP contribution >= 0.6 is 0 Å². The molecule has 0 amide bonds. The minimum absolute atomic E-state index is 0.220. The van der Waals surface area contributed by atoms with Crippen LogP contribution in [0.1, 0.15) is 5.56 Å². The molecule has 2 N–H and O–H groups in total. The van der Waals surface area contributed by atoms with Crippen LogP contribution in [0.25, 0.3) is 10.9 Å². The van der Waals surface area contributed by atoms with Gasteiger partial charge in [0.15, 0.2) is 0 Å². The number of H-pyrrole nitrogens is 1. The number of rotatable bonds is 0. The molecule has 0 unspecified atom stereocenters. The number of benzene rings is 1. The molecule has 1 heterocycles. The van der Waals surface area contributed by atoms with Crippen LogP contribution in [0.4, 0.5) is 0 Å². The minimum Gasteiger partial charge on any atom is -0.384 e. The number of aliphatic hydroxyl groups excluding tert-OH is 1. The van der Waals surface area contributed by atoms with Crippen LogP contribution in [0.3, 0.4) is 0 Å². The summed E-state index contributed by atoms with van der Waals surface area (Å²) >= 11 is 0. The van der Waals surface area contributed by atoms with Crippen LogP contribution in [-0.4, -0.2) is 21.7 Å². The van der Waals surface area contributed by atoms with Gasteiger partial charge in [0.2, 0.25) is 0 Å². The number of hydrogen-bond donors (Lipinski definition) is 2. The quantitative estimate of drug-likeness (QED) is 0.600. The van der Waals surface area contributed by atoms with E-state index in [-0.39, 0.29) is 12.2 Å². The van der Waals surface area contributed by atoms with Gasteiger partial charge in [-0.05, 0) is 12.1 Å². The Labute approximate surface area is 85.6 Å². The van der Waals surface area contributed by atoms with Gasteiger partial charge in [0, 0.05) is 5.56 Å². The third-order valence-electron chi connectivity index (χ3n) is 1.97. The largest absolute Gasteiger partial charge is 0.384 e. The van der Waals surface area contributed by atoms with Gasteiger partial charge in [0.25, 0.3) is 5.56 Å². The van der Waals surface area contributed by atoms with Gasteiger partial charge < -0.3 is 10.1 Å². The van der Waals surface area contributed by atoms with E-state index >= 15 is 0 Å². The van der Waals surface area contributed by atoms with E-state index in [2.05, 4.69) is 21.8 Å². The molecule has 4 nitrogen and oxygen atoms in total. The summed E-state index contributed by atoms with van der Waals surface area (Å²) in [5, 5.41) is 9.05. The van der Waals surface area contributed by atoms with Crippen molar-refractivity contribution in [3.8, 4) is 11.8 Å². The van der Waals surface area contributed by atoms with Gasteiger partial charge in [-0.25, -0.2) is 4.98 Å². The number of hydrogen-bond acceptors (Lipinski definition) is 3. The van der Waals surface area contributed by atoms with E-state index in [0.717, 1.165) is 0 Å². The number of aromatic nitrogens is 2. The second kappa shape index (κ2) is 3.95. The first-order valence-electron chi connectivity index (χ1n) is 4.39. The fourth-order valence-corrected chi connectivity index (χ4v) is 1.36. The first kappa shape index (κ1) is 9.44. The standard InChI is InChI=1S/C11H8N2O2/c14-6-2-4-8-3-1-5-9-10(8)11(15)13-7-12-9/h1,3,5,7,14H,6H2,(H,12,13,15). The average Bonchev–Trinajstić information content (AvgIpc) is 2.26. The molecule has 2 rings (SSSR count). The lowest BCUT2D eigenvalue weighted by molar-refractivity contribution is 0.350. The van der Waals surface area contributed by atoms with E-state index in [1.807, 2.05) is 0 Å². The molecule has 0 saturated heterocycles. The third-order valence-corrected chi connectivity index (χ3v) is 1.97. The van der Waals surface area contributed by atoms with Crippen molar-refractivity contribution < 1.29 is 5.11 Å². The van der Waals surface area contributed by atoms with Crippen molar-refractivity contribution in [1.82, 2.24) is 9.97 Å². The summed E-state index contributed by atoms with van der Waals surface area (Å²) in [7, 11) is 0. The van der Waals surface area contributed by atoms with E-state index < -0.39 is 0 Å². The molecular formula is C11H8N2O2. The summed E-state index contributed by atoms with van der Waals surface area (Å²) in [5.41, 5.74) is 0.960. The van der Waals surface area contributed by atoms with Crippen molar-refractivity contribution in [2.45, 2.75) is 0 Å². The highest BCUT2D eigenvalue weighted by molar-refractivity contribution is 5.83. The Morgan fingerprint density at radius 2 is 2.33 bits per heavy atom. The molecule has 0 spiro atoms. The molecule has 0 aliphatic rings. The SMILES string of the molecule is O=c1[nH]cnc2cccc(C#CCO)c12. The molecule has 74 valence electrons. The predicted molar refractivity (Wildman–Crippen MR) is 56.3 cm³/mol. The second-order valence-electron chi connectivity index (χ2n) is 2.89. The molecule has 4 heteroatoms. The zero-order valence-electron chi connectivity index (χ0n) is 7.82. The first-order chi connectivity index (χ1) is 7.33. The van der Waals surface area contributed by atoms with Crippen LogP contribution in [0, 0.1) is 11.8 Å². The Kier molecular flexibility index (Phi) is 2.48. The monoisotopic (exact) mass is 200 g/mol. The molecule has 0 aliphatic carbocycles. The third kappa shape index (κ3) is 1.73. The topological polar surface area (TPSA) is 66.0 Å². The van der Waals surface area contributed by atoms with Crippen molar-refractivity contribution in [2.24, 2.45) is 0 Å². The summed E-state index contributed by atoms with van der Waals surface area (Å²) in [4.78, 5) is 18.1. The summed E-state index contributed by atoms with van der Waals surface area (Å²) in [5.74, 6) is 5.23. The van der Waals surface area contributed by atoms with Gasteiger partial charge in [0.1, 0.15) is 6.61 Å². The van der Waals surface area contributed by atoms with Gasteiger partial charge in [-0.3, -0.25) is 4.79 Å². The molecule has 1 aromatic heterocycles. The average molecular weight is 200 g/mol. The van der Waals surface area contributed by atoms with Gasteiger partial charge in [-0.1, -0.05) is 17.9 Å². The van der Waals surface area contributed by atoms with Crippen LogP contribution < -0.4 is 5.56 Å². The van der Waals surface area contributed by atoms with Crippen LogP contribution in [0.15, 0.2) is 29.3 Å². The maximum atomic E-state index is 11.5. The summed E-state index contributed by atoms with van der Waals surface area (Å²) in [6, 6.07) is 5.24. The Morgan fingerprint density at radius 1 is 1.47 bits per heavy atom. The molecular weight excluding hydrogens is 192 g/mol. The zero-order chi connectivity index (χ0) is 10.7. The zero-order valence-corrected chi connectivity index (χ0v) is 7.82. The van der Waals surface area contributed by atoms with E-state index in [1.165, 1.54) is 6.33 Å². The highest BCUT2D eigenvalue weighted by atomic mass is 16.2. The molecule has 0 saturated carbocycles. The van der Waals surface area contributed by atoms with Crippen molar-refractivity contribution in [1.29, 1.82) is 0 Å². The van der Waals surface area contributed by atoms with Crippen molar-refractivity contribution in [2.75, 3.05) is 6.61 Å². The molecule has 2 aromatic rings. The second-order valence-corrected chi connectivity index (χ2v) is 2.89. The molecule has 1 aromatic carbocycles. The van der Waals surface area contributed by atoms with E-state index in [0.29, 0.717) is 16.5 Å². The molecule has 0 fully saturated rings. The van der Waals surface area contributed by atoms with Crippen LogP contribution in [-0.2, 0) is 0 Å². The highest BCUT2D eigenvalue weighted by Crippen LogP contribution is 2.10. The molecule has 0 radical (unpaired) electrons. The maximum absolute atomic E-state index is 11.5. The minimum atomic E-state index is -0.228.